The third-order valence-electron chi connectivity index (χ3n) is 2.73. The highest BCUT2D eigenvalue weighted by Crippen LogP contribution is 2.24. The molecule has 0 aliphatic heterocycles. The summed E-state index contributed by atoms with van der Waals surface area (Å²) >= 11 is 7.68. The van der Waals surface area contributed by atoms with Crippen LogP contribution in [0.5, 0.6) is 5.75 Å². The number of nitrogens with one attached hydrogen (secondary N) is 2. The van der Waals surface area contributed by atoms with Gasteiger partial charge in [0, 0.05) is 30.7 Å². The summed E-state index contributed by atoms with van der Waals surface area (Å²) in [6, 6.07) is 4.53. The molecule has 1 aromatic carbocycles. The first-order valence-corrected chi connectivity index (χ1v) is 8.50. The zero-order valence-electron chi connectivity index (χ0n) is 12.5. The molecule has 0 fully saturated rings. The molecular weight excluding hydrogens is 332 g/mol. The number of guanidine groups is 1. The van der Waals surface area contributed by atoms with Gasteiger partial charge in [0.15, 0.2) is 5.96 Å². The Morgan fingerprint density at radius 3 is 2.82 bits per heavy atom. The average Bonchev–Trinajstić information content (AvgIpc) is 2.48. The maximum Gasteiger partial charge on any atom is 0.387 e. The fourth-order valence-electron chi connectivity index (χ4n) is 1.72. The third-order valence-corrected chi connectivity index (χ3v) is 3.66. The standard InChI is InChI=1S/C14H20ClF2N3OS/c1-18-14(19-6-3-7-22-2)20-9-10-8-11(15)4-5-12(10)21-13(16)17/h4-5,8,13H,3,6-7,9H2,1-2H3,(H2,18,19,20). The van der Waals surface area contributed by atoms with Gasteiger partial charge in [0.1, 0.15) is 5.75 Å². The van der Waals surface area contributed by atoms with Crippen molar-refractivity contribution < 1.29 is 13.5 Å². The fraction of sp³-hybridized carbons (Fsp3) is 0.500. The molecule has 0 heterocycles. The Hall–Kier alpha value is -1.21. The molecule has 8 heteroatoms. The normalized spacial score (nSPS) is 11.6. The Bertz CT molecular complexity index is 489. The number of nitrogens with zero attached hydrogens (tertiary/aromatic N) is 1. The molecule has 0 aromatic heterocycles. The van der Waals surface area contributed by atoms with E-state index < -0.39 is 6.61 Å². The van der Waals surface area contributed by atoms with E-state index in [0.29, 0.717) is 16.5 Å². The predicted octanol–water partition coefficient (Wildman–Crippen LogP) is 3.36. The van der Waals surface area contributed by atoms with E-state index >= 15 is 0 Å². The molecule has 4 nitrogen and oxygen atoms in total. The van der Waals surface area contributed by atoms with Crippen LogP contribution in [0.1, 0.15) is 12.0 Å². The highest BCUT2D eigenvalue weighted by Gasteiger charge is 2.10. The summed E-state index contributed by atoms with van der Waals surface area (Å²) in [7, 11) is 1.65. The van der Waals surface area contributed by atoms with Crippen LogP contribution in [0.25, 0.3) is 0 Å². The van der Waals surface area contributed by atoms with Crippen LogP contribution in [0.15, 0.2) is 23.2 Å². The molecule has 0 saturated carbocycles. The number of aliphatic imine (C=N–C) groups is 1. The van der Waals surface area contributed by atoms with Gasteiger partial charge < -0.3 is 15.4 Å². The molecule has 0 spiro atoms. The monoisotopic (exact) mass is 351 g/mol. The number of rotatable bonds is 8. The van der Waals surface area contributed by atoms with Gasteiger partial charge in [-0.1, -0.05) is 11.6 Å². The van der Waals surface area contributed by atoms with Gasteiger partial charge in [-0.25, -0.2) is 0 Å². The van der Waals surface area contributed by atoms with Crippen molar-refractivity contribution in [3.63, 3.8) is 0 Å². The van der Waals surface area contributed by atoms with Crippen LogP contribution in [0.4, 0.5) is 8.78 Å². The molecule has 0 amide bonds. The predicted molar refractivity (Wildman–Crippen MR) is 89.3 cm³/mol. The van der Waals surface area contributed by atoms with E-state index in [1.807, 2.05) is 0 Å². The van der Waals surface area contributed by atoms with Gasteiger partial charge in [-0.2, -0.15) is 20.5 Å². The number of thioether (sulfide) groups is 1. The molecule has 124 valence electrons. The lowest BCUT2D eigenvalue weighted by atomic mass is 10.2. The first-order chi connectivity index (χ1) is 10.6. The van der Waals surface area contributed by atoms with Gasteiger partial charge in [0.25, 0.3) is 0 Å². The highest BCUT2D eigenvalue weighted by atomic mass is 35.5. The van der Waals surface area contributed by atoms with Crippen molar-refractivity contribution in [1.82, 2.24) is 10.6 Å². The molecule has 2 N–H and O–H groups in total. The van der Waals surface area contributed by atoms with E-state index in [-0.39, 0.29) is 12.3 Å². The van der Waals surface area contributed by atoms with Crippen LogP contribution in [0.2, 0.25) is 5.02 Å². The molecule has 0 aliphatic rings. The Kier molecular flexibility index (Phi) is 9.00. The molecule has 0 atom stereocenters. The van der Waals surface area contributed by atoms with Gasteiger partial charge in [-0.05, 0) is 36.6 Å². The molecule has 0 radical (unpaired) electrons. The van der Waals surface area contributed by atoms with Crippen molar-refractivity contribution in [2.24, 2.45) is 4.99 Å². The molecule has 22 heavy (non-hydrogen) atoms. The second-order valence-corrected chi connectivity index (χ2v) is 5.75. The summed E-state index contributed by atoms with van der Waals surface area (Å²) in [4.78, 5) is 4.08. The summed E-state index contributed by atoms with van der Waals surface area (Å²) in [6.45, 7) is -1.80. The van der Waals surface area contributed by atoms with Gasteiger partial charge >= 0.3 is 6.61 Å². The van der Waals surface area contributed by atoms with Crippen molar-refractivity contribution in [2.45, 2.75) is 19.6 Å². The maximum atomic E-state index is 12.4. The van der Waals surface area contributed by atoms with Gasteiger partial charge in [-0.3, -0.25) is 4.99 Å². The average molecular weight is 352 g/mol. The highest BCUT2D eigenvalue weighted by molar-refractivity contribution is 7.98. The summed E-state index contributed by atoms with van der Waals surface area (Å²) in [5.74, 6) is 1.76. The number of halogens is 3. The van der Waals surface area contributed by atoms with Crippen molar-refractivity contribution in [3.8, 4) is 5.75 Å². The molecule has 0 saturated heterocycles. The zero-order chi connectivity index (χ0) is 16.4. The lowest BCUT2D eigenvalue weighted by molar-refractivity contribution is -0.0504. The van der Waals surface area contributed by atoms with Gasteiger partial charge in [-0.15, -0.1) is 0 Å². The van der Waals surface area contributed by atoms with Crippen LogP contribution >= 0.6 is 23.4 Å². The van der Waals surface area contributed by atoms with E-state index in [0.717, 1.165) is 18.7 Å². The van der Waals surface area contributed by atoms with Crippen molar-refractivity contribution in [2.75, 3.05) is 25.6 Å². The Morgan fingerprint density at radius 1 is 1.41 bits per heavy atom. The maximum absolute atomic E-state index is 12.4. The second-order valence-electron chi connectivity index (χ2n) is 4.33. The lowest BCUT2D eigenvalue weighted by Gasteiger charge is -2.14. The number of benzene rings is 1. The van der Waals surface area contributed by atoms with E-state index in [2.05, 4.69) is 26.6 Å². The van der Waals surface area contributed by atoms with E-state index in [1.54, 1.807) is 24.9 Å². The van der Waals surface area contributed by atoms with E-state index in [4.69, 9.17) is 11.6 Å². The Balaban J connectivity index is 2.59. The summed E-state index contributed by atoms with van der Waals surface area (Å²) in [6.07, 6.45) is 3.07. The molecule has 1 aromatic rings. The molecule has 0 unspecified atom stereocenters. The van der Waals surface area contributed by atoms with E-state index in [9.17, 15) is 8.78 Å². The minimum atomic E-state index is -2.87. The Morgan fingerprint density at radius 2 is 2.18 bits per heavy atom. The van der Waals surface area contributed by atoms with Crippen LogP contribution in [-0.2, 0) is 6.54 Å². The third kappa shape index (κ3) is 7.17. The quantitative estimate of drug-likeness (QED) is 0.428. The van der Waals surface area contributed by atoms with Crippen LogP contribution in [0.3, 0.4) is 0 Å². The molecule has 0 bridgehead atoms. The lowest BCUT2D eigenvalue weighted by Crippen LogP contribution is -2.37. The van der Waals surface area contributed by atoms with Gasteiger partial charge in [0.2, 0.25) is 0 Å². The van der Waals surface area contributed by atoms with Gasteiger partial charge in [0.05, 0.1) is 0 Å². The molecule has 1 rings (SSSR count). The number of ether oxygens (including phenoxy) is 1. The van der Waals surface area contributed by atoms with E-state index in [1.165, 1.54) is 12.1 Å². The van der Waals surface area contributed by atoms with Crippen molar-refractivity contribution in [3.05, 3.63) is 28.8 Å². The number of alkyl halides is 2. The first-order valence-electron chi connectivity index (χ1n) is 6.73. The molecular formula is C14H20ClF2N3OS. The zero-order valence-corrected chi connectivity index (χ0v) is 14.1. The molecule has 0 aliphatic carbocycles. The summed E-state index contributed by atoms with van der Waals surface area (Å²) in [5, 5.41) is 6.66. The number of hydrogen-bond donors (Lipinski definition) is 2. The summed E-state index contributed by atoms with van der Waals surface area (Å²) in [5.41, 5.74) is 0.542. The first kappa shape index (κ1) is 18.8. The SMILES string of the molecule is CN=C(NCCCSC)NCc1cc(Cl)ccc1OC(F)F. The second kappa shape index (κ2) is 10.5. The Labute approximate surface area is 138 Å². The van der Waals surface area contributed by atoms with Crippen LogP contribution in [-0.4, -0.2) is 38.2 Å². The topological polar surface area (TPSA) is 45.7 Å². The van der Waals surface area contributed by atoms with Crippen LogP contribution < -0.4 is 15.4 Å². The minimum absolute atomic E-state index is 0.102. The fourth-order valence-corrected chi connectivity index (χ4v) is 2.35. The summed E-state index contributed by atoms with van der Waals surface area (Å²) < 4.78 is 29.3. The van der Waals surface area contributed by atoms with Crippen molar-refractivity contribution in [1.29, 1.82) is 0 Å². The van der Waals surface area contributed by atoms with Crippen molar-refractivity contribution >= 4 is 29.3 Å². The largest absolute Gasteiger partial charge is 0.434 e. The minimum Gasteiger partial charge on any atom is -0.434 e. The smallest absolute Gasteiger partial charge is 0.387 e. The van der Waals surface area contributed by atoms with Crippen LogP contribution in [0, 0.1) is 0 Å². The number of hydrogen-bond acceptors (Lipinski definition) is 3.